The van der Waals surface area contributed by atoms with E-state index in [0.29, 0.717) is 58.2 Å². The molecule has 0 aromatic rings. The molecule has 0 bridgehead atoms. The molecule has 7 nitrogen and oxygen atoms in total. The zero-order chi connectivity index (χ0) is 24.0. The van der Waals surface area contributed by atoms with Crippen molar-refractivity contribution in [3.63, 3.8) is 0 Å². The van der Waals surface area contributed by atoms with Gasteiger partial charge in [0.15, 0.2) is 0 Å². The number of hydrogen-bond donors (Lipinski definition) is 2. The quantitative estimate of drug-likeness (QED) is 0.546. The first-order chi connectivity index (χ1) is 14.7. The van der Waals surface area contributed by atoms with E-state index in [9.17, 15) is 26.4 Å². The first-order valence-corrected chi connectivity index (χ1v) is 13.1. The van der Waals surface area contributed by atoms with Gasteiger partial charge in [0.1, 0.15) is 5.60 Å². The number of sulfonamides is 1. The van der Waals surface area contributed by atoms with E-state index in [-0.39, 0.29) is 30.2 Å². The molecule has 1 aliphatic carbocycles. The first-order valence-electron chi connectivity index (χ1n) is 11.5. The van der Waals surface area contributed by atoms with E-state index >= 15 is 0 Å². The number of alkyl halides is 3. The molecule has 2 rings (SSSR count). The Hall–Kier alpha value is -1.07. The van der Waals surface area contributed by atoms with E-state index < -0.39 is 34.3 Å². The average Bonchev–Trinajstić information content (AvgIpc) is 2.62. The van der Waals surface area contributed by atoms with Crippen LogP contribution in [0.3, 0.4) is 0 Å². The number of nitrogens with zero attached hydrogens (tertiary/aromatic N) is 1. The van der Waals surface area contributed by atoms with Crippen LogP contribution in [0.2, 0.25) is 0 Å². The second kappa shape index (κ2) is 11.4. The highest BCUT2D eigenvalue weighted by molar-refractivity contribution is 7.89. The number of likely N-dealkylation sites (tertiary alicyclic amines) is 1. The zero-order valence-corrected chi connectivity index (χ0v) is 20.2. The summed E-state index contributed by atoms with van der Waals surface area (Å²) in [6.07, 6.45) is -1.24. The number of alkyl carbamates (subject to hydrolysis) is 1. The van der Waals surface area contributed by atoms with E-state index in [2.05, 4.69) is 10.0 Å². The lowest BCUT2D eigenvalue weighted by molar-refractivity contribution is -0.136. The number of rotatable bonds is 8. The van der Waals surface area contributed by atoms with Gasteiger partial charge in [-0.1, -0.05) is 0 Å². The second-order valence-corrected chi connectivity index (χ2v) is 11.9. The predicted octanol–water partition coefficient (Wildman–Crippen LogP) is 3.80. The summed E-state index contributed by atoms with van der Waals surface area (Å²) in [5.41, 5.74) is -0.559. The van der Waals surface area contributed by atoms with Crippen LogP contribution in [0.25, 0.3) is 0 Å². The molecule has 0 aromatic heterocycles. The summed E-state index contributed by atoms with van der Waals surface area (Å²) in [6, 6.07) is -0.161. The Morgan fingerprint density at radius 1 is 1.00 bits per heavy atom. The molecule has 2 fully saturated rings. The van der Waals surface area contributed by atoms with Gasteiger partial charge in [-0.3, -0.25) is 0 Å². The molecule has 2 aliphatic rings. The van der Waals surface area contributed by atoms with Crippen molar-refractivity contribution >= 4 is 16.1 Å². The number of carbonyl (C=O) groups excluding carboxylic acids is 1. The molecule has 1 saturated heterocycles. The summed E-state index contributed by atoms with van der Waals surface area (Å²) in [5, 5.41) is 2.85. The Kier molecular flexibility index (Phi) is 9.66. The van der Waals surface area contributed by atoms with Crippen LogP contribution >= 0.6 is 0 Å². The van der Waals surface area contributed by atoms with Gasteiger partial charge in [-0.15, -0.1) is 0 Å². The van der Waals surface area contributed by atoms with Gasteiger partial charge in [0.05, 0.1) is 5.75 Å². The number of halogens is 3. The molecule has 0 atom stereocenters. The van der Waals surface area contributed by atoms with Gasteiger partial charge in [0.25, 0.3) is 0 Å². The molecule has 1 aliphatic heterocycles. The van der Waals surface area contributed by atoms with E-state index in [1.165, 1.54) is 0 Å². The fraction of sp³-hybridized carbons (Fsp3) is 0.952. The number of ether oxygens (including phenoxy) is 1. The molecular formula is C21H38F3N3O4S. The lowest BCUT2D eigenvalue weighted by Gasteiger charge is -2.33. The summed E-state index contributed by atoms with van der Waals surface area (Å²) in [7, 11) is -3.43. The Bertz CT molecular complexity index is 694. The molecule has 188 valence electrons. The minimum Gasteiger partial charge on any atom is -0.444 e. The van der Waals surface area contributed by atoms with Crippen LogP contribution in [-0.4, -0.2) is 68.7 Å². The fourth-order valence-electron chi connectivity index (χ4n) is 4.32. The zero-order valence-electron chi connectivity index (χ0n) is 19.3. The van der Waals surface area contributed by atoms with Gasteiger partial charge >= 0.3 is 12.3 Å². The maximum absolute atomic E-state index is 12.6. The number of carbonyl (C=O) groups is 1. The number of nitrogens with one attached hydrogen (secondary N) is 2. The minimum atomic E-state index is -4.12. The summed E-state index contributed by atoms with van der Waals surface area (Å²) < 4.78 is 70.1. The maximum atomic E-state index is 12.6. The third kappa shape index (κ3) is 11.2. The van der Waals surface area contributed by atoms with E-state index in [1.54, 1.807) is 20.8 Å². The van der Waals surface area contributed by atoms with Crippen molar-refractivity contribution in [3.8, 4) is 0 Å². The molecule has 0 aromatic carbocycles. The molecule has 0 spiro atoms. The van der Waals surface area contributed by atoms with Crippen molar-refractivity contribution in [2.24, 2.45) is 5.92 Å². The molecule has 32 heavy (non-hydrogen) atoms. The lowest BCUT2D eigenvalue weighted by Crippen LogP contribution is -2.46. The van der Waals surface area contributed by atoms with Crippen LogP contribution < -0.4 is 10.0 Å². The monoisotopic (exact) mass is 485 g/mol. The molecule has 1 heterocycles. The SMILES string of the molecule is CC(C)(C)OC(=O)NC1CCC(NS(=O)(=O)CC2CCN(CCCC(F)(F)F)CC2)CC1. The number of amides is 1. The number of hydrogen-bond acceptors (Lipinski definition) is 5. The topological polar surface area (TPSA) is 87.7 Å². The number of piperidine rings is 1. The molecule has 11 heteroatoms. The highest BCUT2D eigenvalue weighted by Crippen LogP contribution is 2.24. The van der Waals surface area contributed by atoms with Gasteiger partial charge in [0.2, 0.25) is 10.0 Å². The maximum Gasteiger partial charge on any atom is 0.407 e. The molecule has 0 unspecified atom stereocenters. The van der Waals surface area contributed by atoms with Crippen LogP contribution in [0.5, 0.6) is 0 Å². The van der Waals surface area contributed by atoms with Crippen LogP contribution in [0.15, 0.2) is 0 Å². The third-order valence-electron chi connectivity index (χ3n) is 5.89. The van der Waals surface area contributed by atoms with E-state index in [1.807, 2.05) is 4.90 Å². The third-order valence-corrected chi connectivity index (χ3v) is 7.49. The van der Waals surface area contributed by atoms with Crippen LogP contribution in [0.1, 0.15) is 72.1 Å². The Morgan fingerprint density at radius 2 is 1.56 bits per heavy atom. The van der Waals surface area contributed by atoms with Crippen LogP contribution in [0, 0.1) is 5.92 Å². The van der Waals surface area contributed by atoms with Gasteiger partial charge in [0, 0.05) is 18.5 Å². The Morgan fingerprint density at radius 3 is 2.09 bits per heavy atom. The normalized spacial score (nSPS) is 24.3. The molecule has 1 saturated carbocycles. The summed E-state index contributed by atoms with van der Waals surface area (Å²) in [6.45, 7) is 7.08. The first kappa shape index (κ1) is 27.2. The summed E-state index contributed by atoms with van der Waals surface area (Å²) in [5.74, 6) is 0.0796. The van der Waals surface area contributed by atoms with Gasteiger partial charge in [-0.2, -0.15) is 13.2 Å². The molecule has 2 N–H and O–H groups in total. The van der Waals surface area contributed by atoms with Crippen molar-refractivity contribution in [1.29, 1.82) is 0 Å². The van der Waals surface area contributed by atoms with Crippen LogP contribution in [-0.2, 0) is 14.8 Å². The summed E-state index contributed by atoms with van der Waals surface area (Å²) in [4.78, 5) is 13.9. The average molecular weight is 486 g/mol. The van der Waals surface area contributed by atoms with Gasteiger partial charge < -0.3 is 15.0 Å². The Balaban J connectivity index is 1.65. The van der Waals surface area contributed by atoms with Gasteiger partial charge in [-0.25, -0.2) is 17.9 Å². The predicted molar refractivity (Wildman–Crippen MR) is 117 cm³/mol. The van der Waals surface area contributed by atoms with Crippen molar-refractivity contribution in [3.05, 3.63) is 0 Å². The molecule has 0 radical (unpaired) electrons. The van der Waals surface area contributed by atoms with E-state index in [0.717, 1.165) is 0 Å². The highest BCUT2D eigenvalue weighted by Gasteiger charge is 2.30. The van der Waals surface area contributed by atoms with Crippen molar-refractivity contribution in [2.45, 2.75) is 96.0 Å². The smallest absolute Gasteiger partial charge is 0.407 e. The molecular weight excluding hydrogens is 447 g/mol. The Labute approximate surface area is 189 Å². The lowest BCUT2D eigenvalue weighted by atomic mass is 9.92. The van der Waals surface area contributed by atoms with E-state index in [4.69, 9.17) is 4.74 Å². The van der Waals surface area contributed by atoms with Crippen molar-refractivity contribution in [2.75, 3.05) is 25.4 Å². The standard InChI is InChI=1S/C21H38F3N3O4S/c1-20(2,3)31-19(28)25-17-5-7-18(8-6-17)26-32(29,30)15-16-9-13-27(14-10-16)12-4-11-21(22,23)24/h16-18,26H,4-15H2,1-3H3,(H,25,28). The molecule has 1 amide bonds. The highest BCUT2D eigenvalue weighted by atomic mass is 32.2. The largest absolute Gasteiger partial charge is 0.444 e. The second-order valence-electron chi connectivity index (χ2n) is 10.1. The minimum absolute atomic E-state index is 0.0210. The van der Waals surface area contributed by atoms with Crippen molar-refractivity contribution in [1.82, 2.24) is 14.9 Å². The van der Waals surface area contributed by atoms with Gasteiger partial charge in [-0.05, 0) is 91.3 Å². The van der Waals surface area contributed by atoms with Crippen molar-refractivity contribution < 1.29 is 31.1 Å². The van der Waals surface area contributed by atoms with Crippen LogP contribution in [0.4, 0.5) is 18.0 Å². The fourth-order valence-corrected chi connectivity index (χ4v) is 6.12. The summed E-state index contributed by atoms with van der Waals surface area (Å²) >= 11 is 0.